The number of hydrogen-bond donors (Lipinski definition) is 1. The van der Waals surface area contributed by atoms with Crippen molar-refractivity contribution < 1.29 is 0 Å². The number of nitrogen functional groups attached to an aromatic ring is 1. The lowest BCUT2D eigenvalue weighted by Gasteiger charge is -2.01. The molecule has 4 nitrogen and oxygen atoms in total. The second kappa shape index (κ2) is 6.20. The number of para-hydroxylation sites is 2. The van der Waals surface area contributed by atoms with Gasteiger partial charge in [0.2, 0.25) is 5.95 Å². The smallest absolute Gasteiger partial charge is 0.207 e. The molecule has 0 spiro atoms. The summed E-state index contributed by atoms with van der Waals surface area (Å²) in [4.78, 5) is 9.06. The van der Waals surface area contributed by atoms with Gasteiger partial charge in [0.15, 0.2) is 5.13 Å². The number of nitrogens with zero attached hydrogens (tertiary/aromatic N) is 3. The third-order valence-corrected chi connectivity index (χ3v) is 4.49. The number of hydrogen-bond acceptors (Lipinski definition) is 4. The van der Waals surface area contributed by atoms with E-state index in [1.165, 1.54) is 11.3 Å². The Morgan fingerprint density at radius 3 is 2.52 bits per heavy atom. The maximum absolute atomic E-state index is 6.05. The second-order valence-corrected chi connectivity index (χ2v) is 6.09. The summed E-state index contributed by atoms with van der Waals surface area (Å²) in [6.07, 6.45) is 0. The van der Waals surface area contributed by atoms with Crippen molar-refractivity contribution in [3.63, 3.8) is 0 Å². The van der Waals surface area contributed by atoms with Crippen LogP contribution in [0, 0.1) is 0 Å². The Morgan fingerprint density at radius 2 is 1.74 bits per heavy atom. The van der Waals surface area contributed by atoms with Gasteiger partial charge in [-0.2, -0.15) is 0 Å². The van der Waals surface area contributed by atoms with Gasteiger partial charge in [0.1, 0.15) is 0 Å². The fraction of sp³-hybridized carbons (Fsp3) is 0. The quantitative estimate of drug-likeness (QED) is 0.556. The Balaban J connectivity index is 0.00000156. The van der Waals surface area contributed by atoms with Crippen LogP contribution in [0.1, 0.15) is 0 Å². The lowest BCUT2D eigenvalue weighted by atomic mass is 10.2. The number of imidazole rings is 1. The van der Waals surface area contributed by atoms with Gasteiger partial charge < -0.3 is 5.73 Å². The molecule has 0 radical (unpaired) electrons. The molecule has 4 aromatic rings. The molecule has 0 unspecified atom stereocenters. The average molecular weight is 363 g/mol. The van der Waals surface area contributed by atoms with Gasteiger partial charge in [-0.15, -0.1) is 23.7 Å². The van der Waals surface area contributed by atoms with E-state index in [9.17, 15) is 0 Å². The number of anilines is 1. The Labute approximate surface area is 148 Å². The SMILES string of the molecule is Cl.Nc1nc2ccccc2n1-c1nc(-c2ccc(Cl)cc2)cs1. The van der Waals surface area contributed by atoms with E-state index < -0.39 is 0 Å². The van der Waals surface area contributed by atoms with Gasteiger partial charge in [-0.1, -0.05) is 35.9 Å². The van der Waals surface area contributed by atoms with Crippen molar-refractivity contribution in [2.24, 2.45) is 0 Å². The molecule has 2 heterocycles. The van der Waals surface area contributed by atoms with Crippen LogP contribution in [0.2, 0.25) is 5.02 Å². The zero-order valence-corrected chi connectivity index (χ0v) is 14.2. The van der Waals surface area contributed by atoms with Crippen LogP contribution in [-0.2, 0) is 0 Å². The van der Waals surface area contributed by atoms with Gasteiger partial charge in [-0.25, -0.2) is 9.97 Å². The van der Waals surface area contributed by atoms with E-state index in [4.69, 9.17) is 17.3 Å². The molecule has 0 saturated carbocycles. The molecule has 4 rings (SSSR count). The molecule has 2 aromatic heterocycles. The van der Waals surface area contributed by atoms with E-state index in [2.05, 4.69) is 9.97 Å². The monoisotopic (exact) mass is 362 g/mol. The molecule has 0 aliphatic rings. The van der Waals surface area contributed by atoms with E-state index in [-0.39, 0.29) is 12.4 Å². The standard InChI is InChI=1S/C16H11ClN4S.ClH/c17-11-7-5-10(6-8-11)13-9-22-16(20-13)21-14-4-2-1-3-12(14)19-15(21)18;/h1-9H,(H2,18,19);1H. The minimum atomic E-state index is 0. The predicted octanol–water partition coefficient (Wildman–Crippen LogP) is 4.81. The summed E-state index contributed by atoms with van der Waals surface area (Å²) in [5, 5.41) is 3.52. The summed E-state index contributed by atoms with van der Waals surface area (Å²) < 4.78 is 1.87. The summed E-state index contributed by atoms with van der Waals surface area (Å²) in [7, 11) is 0. The van der Waals surface area contributed by atoms with Gasteiger partial charge in [-0.05, 0) is 24.3 Å². The molecule has 116 valence electrons. The Hall–Kier alpha value is -2.08. The van der Waals surface area contributed by atoms with E-state index in [0.717, 1.165) is 27.4 Å². The maximum atomic E-state index is 6.05. The van der Waals surface area contributed by atoms with Gasteiger partial charge in [0, 0.05) is 16.0 Å². The van der Waals surface area contributed by atoms with Crippen LogP contribution in [0.4, 0.5) is 5.95 Å². The largest absolute Gasteiger partial charge is 0.369 e. The number of rotatable bonds is 2. The number of thiazole rings is 1. The first-order valence-corrected chi connectivity index (χ1v) is 7.93. The highest BCUT2D eigenvalue weighted by atomic mass is 35.5. The van der Waals surface area contributed by atoms with Crippen LogP contribution >= 0.6 is 35.3 Å². The van der Waals surface area contributed by atoms with Crippen LogP contribution in [0.3, 0.4) is 0 Å². The highest BCUT2D eigenvalue weighted by Crippen LogP contribution is 2.29. The summed E-state index contributed by atoms with van der Waals surface area (Å²) >= 11 is 7.46. The molecule has 0 saturated heterocycles. The molecule has 0 amide bonds. The van der Waals surface area contributed by atoms with Crippen LogP contribution in [-0.4, -0.2) is 14.5 Å². The van der Waals surface area contributed by atoms with Gasteiger partial charge in [0.05, 0.1) is 16.7 Å². The first-order valence-electron chi connectivity index (χ1n) is 6.67. The molecule has 7 heteroatoms. The molecule has 0 aliphatic carbocycles. The zero-order chi connectivity index (χ0) is 15.1. The number of fused-ring (bicyclic) bond motifs is 1. The molecule has 2 N–H and O–H groups in total. The number of nitrogens with two attached hydrogens (primary N) is 1. The average Bonchev–Trinajstić information content (AvgIpc) is 3.11. The normalized spacial score (nSPS) is 10.7. The molecular formula is C16H12Cl2N4S. The van der Waals surface area contributed by atoms with Crippen molar-refractivity contribution in [1.29, 1.82) is 0 Å². The van der Waals surface area contributed by atoms with Crippen molar-refractivity contribution in [3.8, 4) is 16.4 Å². The first kappa shape index (κ1) is 15.8. The van der Waals surface area contributed by atoms with Gasteiger partial charge >= 0.3 is 0 Å². The van der Waals surface area contributed by atoms with Crippen molar-refractivity contribution in [3.05, 3.63) is 58.9 Å². The second-order valence-electron chi connectivity index (χ2n) is 4.82. The van der Waals surface area contributed by atoms with Crippen molar-refractivity contribution in [1.82, 2.24) is 14.5 Å². The molecule has 0 aliphatic heterocycles. The van der Waals surface area contributed by atoms with Crippen molar-refractivity contribution >= 4 is 52.3 Å². The third kappa shape index (κ3) is 2.79. The van der Waals surface area contributed by atoms with Crippen LogP contribution in [0.15, 0.2) is 53.9 Å². The van der Waals surface area contributed by atoms with E-state index in [0.29, 0.717) is 11.0 Å². The number of halogens is 2. The van der Waals surface area contributed by atoms with Crippen LogP contribution in [0.25, 0.3) is 27.4 Å². The topological polar surface area (TPSA) is 56.7 Å². The summed E-state index contributed by atoms with van der Waals surface area (Å²) in [5.74, 6) is 0.443. The fourth-order valence-electron chi connectivity index (χ4n) is 2.37. The van der Waals surface area contributed by atoms with E-state index >= 15 is 0 Å². The predicted molar refractivity (Wildman–Crippen MR) is 98.8 cm³/mol. The molecule has 2 aromatic carbocycles. The zero-order valence-electron chi connectivity index (χ0n) is 11.8. The van der Waals surface area contributed by atoms with Crippen molar-refractivity contribution in [2.45, 2.75) is 0 Å². The fourth-order valence-corrected chi connectivity index (χ4v) is 3.35. The molecular weight excluding hydrogens is 351 g/mol. The van der Waals surface area contributed by atoms with Crippen molar-refractivity contribution in [2.75, 3.05) is 5.73 Å². The van der Waals surface area contributed by atoms with Gasteiger partial charge in [0.25, 0.3) is 0 Å². The van der Waals surface area contributed by atoms with Crippen LogP contribution in [0.5, 0.6) is 0 Å². The molecule has 23 heavy (non-hydrogen) atoms. The Bertz CT molecular complexity index is 960. The van der Waals surface area contributed by atoms with Gasteiger partial charge in [-0.3, -0.25) is 4.57 Å². The van der Waals surface area contributed by atoms with E-state index in [1.807, 2.05) is 58.5 Å². The number of aromatic nitrogens is 3. The molecule has 0 fully saturated rings. The van der Waals surface area contributed by atoms with Crippen LogP contribution < -0.4 is 5.73 Å². The Morgan fingerprint density at radius 1 is 1.00 bits per heavy atom. The first-order chi connectivity index (χ1) is 10.7. The highest BCUT2D eigenvalue weighted by Gasteiger charge is 2.13. The lowest BCUT2D eigenvalue weighted by molar-refractivity contribution is 1.08. The molecule has 0 bridgehead atoms. The summed E-state index contributed by atoms with van der Waals surface area (Å²) in [6, 6.07) is 15.5. The summed E-state index contributed by atoms with van der Waals surface area (Å²) in [6.45, 7) is 0. The lowest BCUT2D eigenvalue weighted by Crippen LogP contribution is -2.00. The molecule has 0 atom stereocenters. The Kier molecular flexibility index (Phi) is 4.26. The maximum Gasteiger partial charge on any atom is 0.207 e. The van der Waals surface area contributed by atoms with E-state index in [1.54, 1.807) is 0 Å². The highest BCUT2D eigenvalue weighted by molar-refractivity contribution is 7.12. The minimum Gasteiger partial charge on any atom is -0.369 e. The minimum absolute atomic E-state index is 0. The number of benzene rings is 2. The third-order valence-electron chi connectivity index (χ3n) is 3.41. The summed E-state index contributed by atoms with van der Waals surface area (Å²) in [5.41, 5.74) is 9.79.